The Morgan fingerprint density at radius 3 is 2.57 bits per heavy atom. The number of methoxy groups -OCH3 is 2. The van der Waals surface area contributed by atoms with Crippen molar-refractivity contribution in [3.05, 3.63) is 35.5 Å². The van der Waals surface area contributed by atoms with Gasteiger partial charge in [-0.05, 0) is 44.9 Å². The van der Waals surface area contributed by atoms with Crippen LogP contribution in [-0.2, 0) is 5.75 Å². The number of nitrogens with zero attached hydrogens (tertiary/aromatic N) is 4. The number of aromatic nitrogens is 4. The molecule has 0 radical (unpaired) electrons. The van der Waals surface area contributed by atoms with Crippen LogP contribution in [0.1, 0.15) is 55.4 Å². The molecule has 8 heteroatoms. The minimum absolute atomic E-state index is 0.537. The van der Waals surface area contributed by atoms with Gasteiger partial charge in [0.15, 0.2) is 16.7 Å². The number of hydrogen-bond acceptors (Lipinski definition) is 7. The van der Waals surface area contributed by atoms with Gasteiger partial charge in [0.25, 0.3) is 0 Å². The zero-order valence-electron chi connectivity index (χ0n) is 18.0. The maximum Gasteiger partial charge on any atom is 0.237 e. The lowest BCUT2D eigenvalue weighted by Crippen LogP contribution is -2.15. The van der Waals surface area contributed by atoms with Crippen LogP contribution in [-0.4, -0.2) is 33.9 Å². The Balaban J connectivity index is 1.50. The summed E-state index contributed by atoms with van der Waals surface area (Å²) in [5.41, 5.74) is 3.18. The lowest BCUT2D eigenvalue weighted by Gasteiger charge is -2.25. The molecule has 0 spiro atoms. The highest BCUT2D eigenvalue weighted by molar-refractivity contribution is 7.98. The van der Waals surface area contributed by atoms with Gasteiger partial charge in [-0.25, -0.2) is 4.98 Å². The zero-order valence-corrected chi connectivity index (χ0v) is 18.8. The number of hydrogen-bond donors (Lipinski definition) is 0. The summed E-state index contributed by atoms with van der Waals surface area (Å²) in [6.45, 7) is 4.25. The highest BCUT2D eigenvalue weighted by Gasteiger charge is 2.22. The van der Waals surface area contributed by atoms with Gasteiger partial charge in [0.2, 0.25) is 11.7 Å². The van der Waals surface area contributed by atoms with Crippen molar-refractivity contribution in [2.24, 2.45) is 0 Å². The lowest BCUT2D eigenvalue weighted by atomic mass is 9.95. The molecular weight excluding hydrogens is 400 g/mol. The monoisotopic (exact) mass is 428 g/mol. The maximum atomic E-state index is 5.50. The fraction of sp³-hybridized carbons (Fsp3) is 0.500. The van der Waals surface area contributed by atoms with Crippen LogP contribution < -0.4 is 9.47 Å². The van der Waals surface area contributed by atoms with Crippen LogP contribution in [0.3, 0.4) is 0 Å². The van der Waals surface area contributed by atoms with Crippen LogP contribution in [0.25, 0.3) is 11.4 Å². The number of imidazole rings is 1. The smallest absolute Gasteiger partial charge is 0.237 e. The van der Waals surface area contributed by atoms with Gasteiger partial charge in [0, 0.05) is 17.3 Å². The molecular formula is C22H28N4O3S. The summed E-state index contributed by atoms with van der Waals surface area (Å²) >= 11 is 1.66. The van der Waals surface area contributed by atoms with E-state index in [1.165, 1.54) is 37.8 Å². The van der Waals surface area contributed by atoms with Gasteiger partial charge in [-0.3, -0.25) is 0 Å². The summed E-state index contributed by atoms with van der Waals surface area (Å²) in [5.74, 6) is 3.01. The van der Waals surface area contributed by atoms with Crippen molar-refractivity contribution in [1.82, 2.24) is 19.7 Å². The molecule has 1 fully saturated rings. The Labute approximate surface area is 181 Å². The summed E-state index contributed by atoms with van der Waals surface area (Å²) in [6.07, 6.45) is 6.39. The molecule has 0 N–H and O–H groups in total. The zero-order chi connectivity index (χ0) is 21.1. The summed E-state index contributed by atoms with van der Waals surface area (Å²) in [6, 6.07) is 6.13. The standard InChI is InChI=1S/C22H28N4O3S/c1-14-15(2)26(17-8-6-5-7-9-17)22(23-14)30-13-20-24-21(25-29-20)16-10-11-18(27-3)19(12-16)28-4/h10-12,17H,5-9,13H2,1-4H3. The Kier molecular flexibility index (Phi) is 6.32. The van der Waals surface area contributed by atoms with E-state index in [0.29, 0.717) is 35.0 Å². The summed E-state index contributed by atoms with van der Waals surface area (Å²) in [4.78, 5) is 9.38. The second-order valence-corrected chi connectivity index (χ2v) is 8.54. The predicted octanol–water partition coefficient (Wildman–Crippen LogP) is 5.36. The number of aryl methyl sites for hydroxylation is 1. The molecule has 0 aliphatic heterocycles. The van der Waals surface area contributed by atoms with Gasteiger partial charge in [-0.15, -0.1) is 0 Å². The van der Waals surface area contributed by atoms with E-state index in [1.54, 1.807) is 26.0 Å². The number of benzene rings is 1. The Morgan fingerprint density at radius 1 is 1.07 bits per heavy atom. The van der Waals surface area contributed by atoms with Gasteiger partial charge in [0.05, 0.1) is 25.7 Å². The van der Waals surface area contributed by atoms with Crippen LogP contribution in [0.4, 0.5) is 0 Å². The average Bonchev–Trinajstić information content (AvgIpc) is 3.37. The minimum atomic E-state index is 0.537. The molecule has 1 saturated carbocycles. The molecule has 160 valence electrons. The fourth-order valence-electron chi connectivity index (χ4n) is 4.00. The Morgan fingerprint density at radius 2 is 1.83 bits per heavy atom. The van der Waals surface area contributed by atoms with Crippen molar-refractivity contribution in [2.45, 2.75) is 62.9 Å². The molecule has 0 unspecified atom stereocenters. The largest absolute Gasteiger partial charge is 0.493 e. The third kappa shape index (κ3) is 4.19. The van der Waals surface area contributed by atoms with E-state index < -0.39 is 0 Å². The number of ether oxygens (including phenoxy) is 2. The van der Waals surface area contributed by atoms with Crippen molar-refractivity contribution in [1.29, 1.82) is 0 Å². The number of rotatable bonds is 7. The van der Waals surface area contributed by atoms with Gasteiger partial charge in [0.1, 0.15) is 0 Å². The summed E-state index contributed by atoms with van der Waals surface area (Å²) in [7, 11) is 3.22. The van der Waals surface area contributed by atoms with E-state index in [-0.39, 0.29) is 0 Å². The molecule has 30 heavy (non-hydrogen) atoms. The summed E-state index contributed by atoms with van der Waals surface area (Å²) in [5, 5.41) is 5.19. The van der Waals surface area contributed by atoms with Crippen molar-refractivity contribution < 1.29 is 14.0 Å². The average molecular weight is 429 g/mol. The van der Waals surface area contributed by atoms with E-state index in [9.17, 15) is 0 Å². The van der Waals surface area contributed by atoms with E-state index >= 15 is 0 Å². The quantitative estimate of drug-likeness (QED) is 0.469. The van der Waals surface area contributed by atoms with Crippen LogP contribution in [0.5, 0.6) is 11.5 Å². The van der Waals surface area contributed by atoms with E-state index in [1.807, 2.05) is 18.2 Å². The Hall–Kier alpha value is -2.48. The third-order valence-corrected chi connectivity index (χ3v) is 6.67. The topological polar surface area (TPSA) is 75.2 Å². The van der Waals surface area contributed by atoms with Crippen molar-refractivity contribution in [3.8, 4) is 22.9 Å². The molecule has 1 aliphatic carbocycles. The highest BCUT2D eigenvalue weighted by Crippen LogP contribution is 2.35. The molecule has 1 aromatic carbocycles. The molecule has 0 saturated heterocycles. The van der Waals surface area contributed by atoms with Crippen LogP contribution in [0.15, 0.2) is 27.9 Å². The maximum absolute atomic E-state index is 5.50. The van der Waals surface area contributed by atoms with Gasteiger partial charge in [-0.1, -0.05) is 36.2 Å². The van der Waals surface area contributed by atoms with Gasteiger partial charge >= 0.3 is 0 Å². The van der Waals surface area contributed by atoms with Gasteiger partial charge in [-0.2, -0.15) is 4.98 Å². The first-order valence-corrected chi connectivity index (χ1v) is 11.3. The van der Waals surface area contributed by atoms with Crippen molar-refractivity contribution >= 4 is 11.8 Å². The first-order chi connectivity index (χ1) is 14.6. The third-order valence-electron chi connectivity index (χ3n) is 5.73. The molecule has 0 bridgehead atoms. The van der Waals surface area contributed by atoms with Crippen molar-refractivity contribution in [2.75, 3.05) is 14.2 Å². The van der Waals surface area contributed by atoms with Crippen LogP contribution in [0.2, 0.25) is 0 Å². The molecule has 0 atom stereocenters. The first kappa shape index (κ1) is 20.8. The van der Waals surface area contributed by atoms with E-state index in [0.717, 1.165) is 16.4 Å². The van der Waals surface area contributed by atoms with Crippen LogP contribution >= 0.6 is 11.8 Å². The van der Waals surface area contributed by atoms with Crippen molar-refractivity contribution in [3.63, 3.8) is 0 Å². The predicted molar refractivity (Wildman–Crippen MR) is 116 cm³/mol. The highest BCUT2D eigenvalue weighted by atomic mass is 32.2. The Bertz CT molecular complexity index is 1010. The van der Waals surface area contributed by atoms with Gasteiger partial charge < -0.3 is 18.6 Å². The lowest BCUT2D eigenvalue weighted by molar-refractivity contribution is 0.332. The molecule has 2 aromatic heterocycles. The molecule has 7 nitrogen and oxygen atoms in total. The second-order valence-electron chi connectivity index (χ2n) is 7.60. The minimum Gasteiger partial charge on any atom is -0.493 e. The fourth-order valence-corrected chi connectivity index (χ4v) is 5.00. The summed E-state index contributed by atoms with van der Waals surface area (Å²) < 4.78 is 18.6. The first-order valence-electron chi connectivity index (χ1n) is 10.3. The molecule has 0 amide bonds. The molecule has 2 heterocycles. The van der Waals surface area contributed by atoms with Crippen LogP contribution in [0, 0.1) is 13.8 Å². The molecule has 4 rings (SSSR count). The molecule has 3 aromatic rings. The normalized spacial score (nSPS) is 14.8. The van der Waals surface area contributed by atoms with E-state index in [4.69, 9.17) is 19.0 Å². The SMILES string of the molecule is COc1ccc(-c2noc(CSc3nc(C)c(C)n3C3CCCCC3)n2)cc1OC. The second kappa shape index (κ2) is 9.12. The molecule has 1 aliphatic rings. The van der Waals surface area contributed by atoms with E-state index in [2.05, 4.69) is 28.6 Å². The number of thioether (sulfide) groups is 1.